The molecule has 2 aromatic rings. The van der Waals surface area contributed by atoms with Gasteiger partial charge in [0.2, 0.25) is 0 Å². The summed E-state index contributed by atoms with van der Waals surface area (Å²) in [6.07, 6.45) is 3.59. The van der Waals surface area contributed by atoms with Crippen LogP contribution in [0.4, 0.5) is 4.79 Å². The van der Waals surface area contributed by atoms with E-state index < -0.39 is 0 Å². The highest BCUT2D eigenvalue weighted by Crippen LogP contribution is 2.24. The Morgan fingerprint density at radius 2 is 2.00 bits per heavy atom. The Bertz CT molecular complexity index is 767. The molecule has 0 radical (unpaired) electrons. The fourth-order valence-electron chi connectivity index (χ4n) is 3.86. The molecule has 1 atom stereocenters. The molecule has 1 aromatic heterocycles. The van der Waals surface area contributed by atoms with Crippen LogP contribution >= 0.6 is 0 Å². The summed E-state index contributed by atoms with van der Waals surface area (Å²) in [7, 11) is 1.69. The second-order valence-corrected chi connectivity index (χ2v) is 6.96. The number of hydrogen-bond donors (Lipinski definition) is 0. The Kier molecular flexibility index (Phi) is 4.75. The number of hydrogen-bond acceptors (Lipinski definition) is 4. The summed E-state index contributed by atoms with van der Waals surface area (Å²) in [4.78, 5) is 23.2. The highest BCUT2D eigenvalue weighted by molar-refractivity contribution is 5.77. The Labute approximate surface area is 154 Å². The molecular weight excluding hydrogens is 328 g/mol. The summed E-state index contributed by atoms with van der Waals surface area (Å²) in [5.74, 6) is 0.889. The zero-order valence-electron chi connectivity index (χ0n) is 15.0. The normalized spacial score (nSPS) is 20.3. The standard InChI is InChI=1S/C20H24N4O2/c1-26-19-6-2-4-16(10-19)12-22-8-9-24-18(14-22)15-23(20(24)25)13-17-5-3-7-21-11-17/h2-7,10-11,18H,8-9,12-15H2,1H3/t18-/m1/s1. The quantitative estimate of drug-likeness (QED) is 0.828. The number of benzene rings is 1. The van der Waals surface area contributed by atoms with E-state index in [1.807, 2.05) is 40.3 Å². The van der Waals surface area contributed by atoms with E-state index in [0.717, 1.165) is 44.0 Å². The fourth-order valence-corrected chi connectivity index (χ4v) is 3.86. The summed E-state index contributed by atoms with van der Waals surface area (Å²) in [5.41, 5.74) is 2.32. The van der Waals surface area contributed by atoms with Crippen LogP contribution in [0.5, 0.6) is 5.75 Å². The molecular formula is C20H24N4O2. The number of methoxy groups -OCH3 is 1. The topological polar surface area (TPSA) is 48.9 Å². The van der Waals surface area contributed by atoms with Gasteiger partial charge in [0.25, 0.3) is 0 Å². The third-order valence-corrected chi connectivity index (χ3v) is 5.15. The van der Waals surface area contributed by atoms with Crippen LogP contribution < -0.4 is 4.74 Å². The van der Waals surface area contributed by atoms with Gasteiger partial charge in [-0.15, -0.1) is 0 Å². The molecule has 4 rings (SSSR count). The summed E-state index contributed by atoms with van der Waals surface area (Å²) in [6.45, 7) is 4.90. The first-order valence-electron chi connectivity index (χ1n) is 9.02. The number of urea groups is 1. The summed E-state index contributed by atoms with van der Waals surface area (Å²) >= 11 is 0. The van der Waals surface area contributed by atoms with Crippen LogP contribution in [0, 0.1) is 0 Å². The van der Waals surface area contributed by atoms with Gasteiger partial charge in [-0.25, -0.2) is 4.79 Å². The van der Waals surface area contributed by atoms with E-state index in [-0.39, 0.29) is 12.1 Å². The van der Waals surface area contributed by atoms with Crippen LogP contribution in [-0.4, -0.2) is 65.0 Å². The van der Waals surface area contributed by atoms with Crippen molar-refractivity contribution >= 4 is 6.03 Å². The van der Waals surface area contributed by atoms with E-state index in [1.165, 1.54) is 5.56 Å². The molecule has 2 saturated heterocycles. The molecule has 0 N–H and O–H groups in total. The molecule has 0 aliphatic carbocycles. The molecule has 2 fully saturated rings. The fraction of sp³-hybridized carbons (Fsp3) is 0.400. The van der Waals surface area contributed by atoms with Crippen molar-refractivity contribution in [2.45, 2.75) is 19.1 Å². The smallest absolute Gasteiger partial charge is 0.320 e. The number of nitrogens with zero attached hydrogens (tertiary/aromatic N) is 4. The lowest BCUT2D eigenvalue weighted by molar-refractivity contribution is 0.116. The number of carbonyl (C=O) groups is 1. The first kappa shape index (κ1) is 16.8. The third kappa shape index (κ3) is 3.51. The Balaban J connectivity index is 1.38. The Morgan fingerprint density at radius 1 is 1.12 bits per heavy atom. The summed E-state index contributed by atoms with van der Waals surface area (Å²) in [5, 5.41) is 0. The van der Waals surface area contributed by atoms with Gasteiger partial charge < -0.3 is 14.5 Å². The molecule has 6 nitrogen and oxygen atoms in total. The molecule has 2 aliphatic heterocycles. The average molecular weight is 352 g/mol. The third-order valence-electron chi connectivity index (χ3n) is 5.15. The minimum Gasteiger partial charge on any atom is -0.497 e. The van der Waals surface area contributed by atoms with Gasteiger partial charge in [-0.2, -0.15) is 0 Å². The first-order chi connectivity index (χ1) is 12.7. The van der Waals surface area contributed by atoms with Crippen LogP contribution in [0.2, 0.25) is 0 Å². The van der Waals surface area contributed by atoms with Crippen molar-refractivity contribution in [1.29, 1.82) is 0 Å². The number of carbonyl (C=O) groups excluding carboxylic acids is 1. The zero-order chi connectivity index (χ0) is 17.9. The van der Waals surface area contributed by atoms with E-state index >= 15 is 0 Å². The lowest BCUT2D eigenvalue weighted by Crippen LogP contribution is -2.51. The van der Waals surface area contributed by atoms with Crippen molar-refractivity contribution in [1.82, 2.24) is 19.7 Å². The minimum atomic E-state index is 0.153. The molecule has 0 spiro atoms. The van der Waals surface area contributed by atoms with Crippen LogP contribution in [0.15, 0.2) is 48.8 Å². The van der Waals surface area contributed by atoms with Crippen molar-refractivity contribution in [2.24, 2.45) is 0 Å². The summed E-state index contributed by atoms with van der Waals surface area (Å²) < 4.78 is 5.31. The molecule has 1 aromatic carbocycles. The van der Waals surface area contributed by atoms with Gasteiger partial charge in [-0.1, -0.05) is 18.2 Å². The lowest BCUT2D eigenvalue weighted by atomic mass is 10.1. The largest absolute Gasteiger partial charge is 0.497 e. The number of ether oxygens (including phenoxy) is 1. The molecule has 2 amide bonds. The van der Waals surface area contributed by atoms with Gasteiger partial charge in [0, 0.05) is 51.7 Å². The van der Waals surface area contributed by atoms with Gasteiger partial charge in [0.15, 0.2) is 0 Å². The van der Waals surface area contributed by atoms with E-state index in [1.54, 1.807) is 13.3 Å². The Hall–Kier alpha value is -2.60. The lowest BCUT2D eigenvalue weighted by Gasteiger charge is -2.36. The SMILES string of the molecule is COc1cccc(CN2CCN3C(=O)N(Cc4cccnc4)C[C@H]3C2)c1. The van der Waals surface area contributed by atoms with Crippen molar-refractivity contribution < 1.29 is 9.53 Å². The van der Waals surface area contributed by atoms with Crippen LogP contribution in [0.25, 0.3) is 0 Å². The molecule has 3 heterocycles. The highest BCUT2D eigenvalue weighted by Gasteiger charge is 2.40. The van der Waals surface area contributed by atoms with Crippen LogP contribution in [-0.2, 0) is 13.1 Å². The maximum absolute atomic E-state index is 12.7. The number of fused-ring (bicyclic) bond motifs is 1. The second-order valence-electron chi connectivity index (χ2n) is 6.96. The molecule has 2 aliphatic rings. The second kappa shape index (κ2) is 7.33. The predicted molar refractivity (Wildman–Crippen MR) is 98.8 cm³/mol. The van der Waals surface area contributed by atoms with Crippen molar-refractivity contribution in [3.63, 3.8) is 0 Å². The summed E-state index contributed by atoms with van der Waals surface area (Å²) in [6, 6.07) is 12.6. The molecule has 26 heavy (non-hydrogen) atoms. The highest BCUT2D eigenvalue weighted by atomic mass is 16.5. The van der Waals surface area contributed by atoms with E-state index in [9.17, 15) is 4.79 Å². The molecule has 0 saturated carbocycles. The predicted octanol–water partition coefficient (Wildman–Crippen LogP) is 2.21. The minimum absolute atomic E-state index is 0.153. The van der Waals surface area contributed by atoms with Gasteiger partial charge in [0.1, 0.15) is 5.75 Å². The number of amides is 2. The van der Waals surface area contributed by atoms with Crippen LogP contribution in [0.1, 0.15) is 11.1 Å². The molecule has 136 valence electrons. The number of piperazine rings is 1. The van der Waals surface area contributed by atoms with Crippen molar-refractivity contribution in [3.05, 3.63) is 59.9 Å². The molecule has 0 unspecified atom stereocenters. The maximum Gasteiger partial charge on any atom is 0.320 e. The number of rotatable bonds is 5. The first-order valence-corrected chi connectivity index (χ1v) is 9.02. The zero-order valence-corrected chi connectivity index (χ0v) is 15.0. The van der Waals surface area contributed by atoms with Gasteiger partial charge in [-0.3, -0.25) is 9.88 Å². The number of pyridine rings is 1. The van der Waals surface area contributed by atoms with E-state index in [4.69, 9.17) is 4.74 Å². The monoisotopic (exact) mass is 352 g/mol. The van der Waals surface area contributed by atoms with Crippen molar-refractivity contribution in [3.8, 4) is 5.75 Å². The molecule has 6 heteroatoms. The van der Waals surface area contributed by atoms with Crippen LogP contribution in [0.3, 0.4) is 0 Å². The average Bonchev–Trinajstić information content (AvgIpc) is 2.98. The maximum atomic E-state index is 12.7. The molecule has 0 bridgehead atoms. The van der Waals surface area contributed by atoms with E-state index in [2.05, 4.69) is 22.0 Å². The van der Waals surface area contributed by atoms with Gasteiger partial charge in [0.05, 0.1) is 13.2 Å². The van der Waals surface area contributed by atoms with E-state index in [0.29, 0.717) is 6.54 Å². The van der Waals surface area contributed by atoms with Gasteiger partial charge in [-0.05, 0) is 29.3 Å². The number of aromatic nitrogens is 1. The van der Waals surface area contributed by atoms with Crippen molar-refractivity contribution in [2.75, 3.05) is 33.3 Å². The van der Waals surface area contributed by atoms with Gasteiger partial charge >= 0.3 is 6.03 Å². The Morgan fingerprint density at radius 3 is 2.81 bits per heavy atom.